The van der Waals surface area contributed by atoms with Gasteiger partial charge in [0.1, 0.15) is 0 Å². The van der Waals surface area contributed by atoms with Crippen LogP contribution in [-0.4, -0.2) is 24.8 Å². The molecule has 156 valence electrons. The molecule has 1 saturated heterocycles. The molecule has 31 heavy (non-hydrogen) atoms. The van der Waals surface area contributed by atoms with Crippen molar-refractivity contribution in [3.8, 4) is 11.5 Å². The van der Waals surface area contributed by atoms with Crippen LogP contribution in [0.15, 0.2) is 88.8 Å². The molecule has 0 spiro atoms. The topological polar surface area (TPSA) is 51.1 Å². The molecule has 0 unspecified atom stereocenters. The molecule has 0 radical (unpaired) electrons. The molecule has 4 rings (SSSR count). The highest BCUT2D eigenvalue weighted by Crippen LogP contribution is 2.40. The minimum atomic E-state index is -0.129. The second-order valence-electron chi connectivity index (χ2n) is 6.63. The van der Waals surface area contributed by atoms with Crippen molar-refractivity contribution in [2.24, 2.45) is 4.99 Å². The zero-order valence-electron chi connectivity index (χ0n) is 17.3. The highest BCUT2D eigenvalue weighted by Gasteiger charge is 2.35. The van der Waals surface area contributed by atoms with Crippen molar-refractivity contribution < 1.29 is 14.3 Å². The van der Waals surface area contributed by atoms with Gasteiger partial charge in [-0.2, -0.15) is 0 Å². The standard InChI is InChI=1S/C25H22N2O3S/c1-3-30-23-18(11-10-16-21(23)29-2)17-22-24(28)27(20-14-8-5-9-15-20)25(31-22)26-19-12-6-4-7-13-19/h4-17H,3H2,1-2H3/b22-17+,26-25?. The third-order valence-corrected chi connectivity index (χ3v) is 5.58. The van der Waals surface area contributed by atoms with Gasteiger partial charge < -0.3 is 9.47 Å². The maximum Gasteiger partial charge on any atom is 0.271 e. The van der Waals surface area contributed by atoms with Gasteiger partial charge >= 0.3 is 0 Å². The highest BCUT2D eigenvalue weighted by atomic mass is 32.2. The highest BCUT2D eigenvalue weighted by molar-refractivity contribution is 8.19. The van der Waals surface area contributed by atoms with E-state index in [1.807, 2.05) is 91.9 Å². The fourth-order valence-electron chi connectivity index (χ4n) is 3.21. The van der Waals surface area contributed by atoms with E-state index in [0.717, 1.165) is 16.9 Å². The molecule has 3 aromatic carbocycles. The Morgan fingerprint density at radius 2 is 1.68 bits per heavy atom. The molecule has 1 fully saturated rings. The van der Waals surface area contributed by atoms with E-state index in [1.54, 1.807) is 12.0 Å². The Morgan fingerprint density at radius 1 is 0.968 bits per heavy atom. The van der Waals surface area contributed by atoms with Crippen LogP contribution in [0, 0.1) is 0 Å². The number of methoxy groups -OCH3 is 1. The van der Waals surface area contributed by atoms with Crippen LogP contribution in [0.5, 0.6) is 11.5 Å². The van der Waals surface area contributed by atoms with Gasteiger partial charge in [-0.25, -0.2) is 4.99 Å². The Labute approximate surface area is 186 Å². The first-order valence-corrected chi connectivity index (χ1v) is 10.8. The number of benzene rings is 3. The third-order valence-electron chi connectivity index (χ3n) is 4.61. The normalized spacial score (nSPS) is 16.2. The maximum atomic E-state index is 13.4. The summed E-state index contributed by atoms with van der Waals surface area (Å²) in [4.78, 5) is 20.4. The predicted molar refractivity (Wildman–Crippen MR) is 127 cm³/mol. The summed E-state index contributed by atoms with van der Waals surface area (Å²) in [5.41, 5.74) is 2.34. The molecule has 1 amide bonds. The summed E-state index contributed by atoms with van der Waals surface area (Å²) in [6.45, 7) is 2.41. The number of carbonyl (C=O) groups excluding carboxylic acids is 1. The second kappa shape index (κ2) is 9.53. The van der Waals surface area contributed by atoms with Gasteiger partial charge in [-0.1, -0.05) is 48.5 Å². The molecule has 0 aromatic heterocycles. The molecule has 1 heterocycles. The van der Waals surface area contributed by atoms with Crippen molar-refractivity contribution in [3.63, 3.8) is 0 Å². The molecule has 0 N–H and O–H groups in total. The summed E-state index contributed by atoms with van der Waals surface area (Å²) in [6.07, 6.45) is 1.84. The van der Waals surface area contributed by atoms with E-state index in [0.29, 0.717) is 28.2 Å². The van der Waals surface area contributed by atoms with Gasteiger partial charge in [0.05, 0.1) is 30.0 Å². The minimum absolute atomic E-state index is 0.129. The number of ether oxygens (including phenoxy) is 2. The molecule has 0 bridgehead atoms. The number of aliphatic imine (C=N–C) groups is 1. The summed E-state index contributed by atoms with van der Waals surface area (Å²) >= 11 is 1.34. The van der Waals surface area contributed by atoms with Crippen molar-refractivity contribution >= 4 is 40.3 Å². The van der Waals surface area contributed by atoms with Gasteiger partial charge in [0, 0.05) is 5.56 Å². The zero-order valence-corrected chi connectivity index (χ0v) is 18.1. The van der Waals surface area contributed by atoms with Crippen LogP contribution in [0.2, 0.25) is 0 Å². The fourth-order valence-corrected chi connectivity index (χ4v) is 4.21. The van der Waals surface area contributed by atoms with Crippen LogP contribution >= 0.6 is 11.8 Å². The molecule has 1 aliphatic rings. The number of para-hydroxylation sites is 3. The average Bonchev–Trinajstić information content (AvgIpc) is 3.10. The average molecular weight is 431 g/mol. The van der Waals surface area contributed by atoms with Crippen LogP contribution in [0.25, 0.3) is 6.08 Å². The van der Waals surface area contributed by atoms with Gasteiger partial charge in [0.25, 0.3) is 5.91 Å². The second-order valence-corrected chi connectivity index (χ2v) is 7.64. The lowest BCUT2D eigenvalue weighted by molar-refractivity contribution is -0.113. The minimum Gasteiger partial charge on any atom is -0.493 e. The van der Waals surface area contributed by atoms with Gasteiger partial charge in [-0.15, -0.1) is 0 Å². The largest absolute Gasteiger partial charge is 0.493 e. The number of anilines is 1. The molecule has 3 aromatic rings. The van der Waals surface area contributed by atoms with E-state index in [9.17, 15) is 4.79 Å². The predicted octanol–water partition coefficient (Wildman–Crippen LogP) is 5.90. The molecule has 1 aliphatic heterocycles. The number of carbonyl (C=O) groups is 1. The molecular formula is C25H22N2O3S. The van der Waals surface area contributed by atoms with E-state index in [2.05, 4.69) is 0 Å². The molecule has 6 heteroatoms. The summed E-state index contributed by atoms with van der Waals surface area (Å²) in [5, 5.41) is 0.606. The SMILES string of the molecule is CCOc1c(/C=C2/SC(=Nc3ccccc3)N(c3ccccc3)C2=O)cccc1OC. The van der Waals surface area contributed by atoms with Crippen molar-refractivity contribution in [1.82, 2.24) is 0 Å². The van der Waals surface area contributed by atoms with Gasteiger partial charge in [-0.3, -0.25) is 9.69 Å². The van der Waals surface area contributed by atoms with Crippen molar-refractivity contribution in [2.45, 2.75) is 6.92 Å². The Balaban J connectivity index is 1.79. The number of amides is 1. The number of thioether (sulfide) groups is 1. The van der Waals surface area contributed by atoms with E-state index >= 15 is 0 Å². The summed E-state index contributed by atoms with van der Waals surface area (Å²) in [5.74, 6) is 1.12. The monoisotopic (exact) mass is 430 g/mol. The summed E-state index contributed by atoms with van der Waals surface area (Å²) in [6, 6.07) is 24.8. The van der Waals surface area contributed by atoms with Crippen LogP contribution < -0.4 is 14.4 Å². The smallest absolute Gasteiger partial charge is 0.271 e. The summed E-state index contributed by atoms with van der Waals surface area (Å²) < 4.78 is 11.2. The molecule has 5 nitrogen and oxygen atoms in total. The molecule has 0 aliphatic carbocycles. The molecule has 0 saturated carbocycles. The Hall–Kier alpha value is -3.51. The number of amidine groups is 1. The Bertz CT molecular complexity index is 1130. The van der Waals surface area contributed by atoms with Gasteiger partial charge in [0.2, 0.25) is 0 Å². The molecular weight excluding hydrogens is 408 g/mol. The van der Waals surface area contributed by atoms with Crippen molar-refractivity contribution in [2.75, 3.05) is 18.6 Å². The lowest BCUT2D eigenvalue weighted by atomic mass is 10.1. The van der Waals surface area contributed by atoms with E-state index in [1.165, 1.54) is 11.8 Å². The quantitative estimate of drug-likeness (QED) is 0.457. The Morgan fingerprint density at radius 3 is 2.35 bits per heavy atom. The van der Waals surface area contributed by atoms with Crippen LogP contribution in [0.3, 0.4) is 0 Å². The zero-order chi connectivity index (χ0) is 21.6. The number of hydrogen-bond donors (Lipinski definition) is 0. The van der Waals surface area contributed by atoms with Crippen LogP contribution in [-0.2, 0) is 4.79 Å². The first-order chi connectivity index (χ1) is 15.2. The van der Waals surface area contributed by atoms with Crippen molar-refractivity contribution in [1.29, 1.82) is 0 Å². The van der Waals surface area contributed by atoms with Crippen LogP contribution in [0.4, 0.5) is 11.4 Å². The first kappa shape index (κ1) is 20.8. The number of hydrogen-bond acceptors (Lipinski definition) is 5. The Kier molecular flexibility index (Phi) is 6.38. The lowest BCUT2D eigenvalue weighted by Gasteiger charge is -2.15. The first-order valence-electron chi connectivity index (χ1n) is 9.94. The number of rotatable bonds is 6. The van der Waals surface area contributed by atoms with Gasteiger partial charge in [0.15, 0.2) is 16.7 Å². The maximum absolute atomic E-state index is 13.4. The van der Waals surface area contributed by atoms with Gasteiger partial charge in [-0.05, 0) is 55.1 Å². The van der Waals surface area contributed by atoms with E-state index < -0.39 is 0 Å². The molecule has 0 atom stereocenters. The van der Waals surface area contributed by atoms with E-state index in [-0.39, 0.29) is 5.91 Å². The van der Waals surface area contributed by atoms with Crippen molar-refractivity contribution in [3.05, 3.63) is 89.3 Å². The number of nitrogens with zero attached hydrogens (tertiary/aromatic N) is 2. The van der Waals surface area contributed by atoms with Crippen LogP contribution in [0.1, 0.15) is 12.5 Å². The third kappa shape index (κ3) is 4.49. The van der Waals surface area contributed by atoms with E-state index in [4.69, 9.17) is 14.5 Å². The fraction of sp³-hybridized carbons (Fsp3) is 0.120. The summed E-state index contributed by atoms with van der Waals surface area (Å²) in [7, 11) is 1.60. The lowest BCUT2D eigenvalue weighted by Crippen LogP contribution is -2.28.